The Labute approximate surface area is 137 Å². The van der Waals surface area contributed by atoms with Crippen LogP contribution in [-0.2, 0) is 4.79 Å². The monoisotopic (exact) mass is 330 g/mol. The molecule has 23 heavy (non-hydrogen) atoms. The molecule has 118 valence electrons. The van der Waals surface area contributed by atoms with Crippen molar-refractivity contribution in [2.45, 2.75) is 4.90 Å². The fourth-order valence-electron chi connectivity index (χ4n) is 2.42. The Bertz CT molecular complexity index is 751. The molecule has 1 aliphatic rings. The number of nitrogens with one attached hydrogen (secondary N) is 1. The van der Waals surface area contributed by atoms with Crippen molar-refractivity contribution in [3.8, 4) is 0 Å². The molecule has 6 heteroatoms. The molecule has 1 heterocycles. The lowest BCUT2D eigenvalue weighted by molar-refractivity contribution is -0.117. The number of para-hydroxylation sites is 1. The van der Waals surface area contributed by atoms with Gasteiger partial charge in [0.25, 0.3) is 5.91 Å². The Balaban J connectivity index is 1.67. The number of benzene rings is 2. The van der Waals surface area contributed by atoms with Crippen molar-refractivity contribution in [3.05, 3.63) is 59.9 Å². The quantitative estimate of drug-likeness (QED) is 0.941. The summed E-state index contributed by atoms with van der Waals surface area (Å²) in [6.07, 6.45) is 0. The van der Waals surface area contributed by atoms with E-state index in [-0.39, 0.29) is 18.0 Å². The molecular formula is C17H15FN2O2S. The number of hydrogen-bond acceptors (Lipinski definition) is 3. The van der Waals surface area contributed by atoms with Crippen molar-refractivity contribution in [1.29, 1.82) is 0 Å². The van der Waals surface area contributed by atoms with Crippen molar-refractivity contribution in [2.75, 3.05) is 23.7 Å². The summed E-state index contributed by atoms with van der Waals surface area (Å²) in [5.41, 5.74) is 0.795. The van der Waals surface area contributed by atoms with Gasteiger partial charge in [0.15, 0.2) is 0 Å². The van der Waals surface area contributed by atoms with Crippen LogP contribution >= 0.6 is 11.8 Å². The fraction of sp³-hybridized carbons (Fsp3) is 0.176. The summed E-state index contributed by atoms with van der Waals surface area (Å²) < 4.78 is 13.6. The first kappa shape index (κ1) is 15.6. The maximum absolute atomic E-state index is 13.6. The van der Waals surface area contributed by atoms with Crippen molar-refractivity contribution in [3.63, 3.8) is 0 Å². The van der Waals surface area contributed by atoms with Crippen LogP contribution in [0.5, 0.6) is 0 Å². The second kappa shape index (κ2) is 6.83. The van der Waals surface area contributed by atoms with Crippen LogP contribution in [-0.4, -0.2) is 30.7 Å². The van der Waals surface area contributed by atoms with Gasteiger partial charge in [-0.2, -0.15) is 0 Å². The van der Waals surface area contributed by atoms with Gasteiger partial charge >= 0.3 is 0 Å². The molecule has 0 atom stereocenters. The Hall–Kier alpha value is -2.34. The predicted octanol–water partition coefficient (Wildman–Crippen LogP) is 2.69. The van der Waals surface area contributed by atoms with Gasteiger partial charge in [-0.15, -0.1) is 11.8 Å². The van der Waals surface area contributed by atoms with Crippen LogP contribution < -0.4 is 10.2 Å². The molecule has 3 rings (SSSR count). The van der Waals surface area contributed by atoms with Crippen LogP contribution in [0.3, 0.4) is 0 Å². The van der Waals surface area contributed by atoms with Crippen LogP contribution in [0.15, 0.2) is 53.4 Å². The Morgan fingerprint density at radius 2 is 1.87 bits per heavy atom. The lowest BCUT2D eigenvalue weighted by Crippen LogP contribution is -2.42. The minimum atomic E-state index is -0.600. The molecule has 2 aromatic carbocycles. The first-order valence-electron chi connectivity index (χ1n) is 7.22. The average Bonchev–Trinajstić information content (AvgIpc) is 2.59. The lowest BCUT2D eigenvalue weighted by atomic mass is 10.2. The van der Waals surface area contributed by atoms with E-state index in [1.807, 2.05) is 24.3 Å². The number of halogens is 1. The highest BCUT2D eigenvalue weighted by Gasteiger charge is 2.23. The van der Waals surface area contributed by atoms with Crippen molar-refractivity contribution in [1.82, 2.24) is 5.32 Å². The Morgan fingerprint density at radius 3 is 2.70 bits per heavy atom. The predicted molar refractivity (Wildman–Crippen MR) is 88.3 cm³/mol. The standard InChI is InChI=1S/C17H15FN2O2S/c18-13-6-2-1-5-12(13)17(22)19-11-16(21)20-9-10-23-15-8-4-3-7-14(15)20/h1-8H,9-11H2,(H,19,22). The van der Waals surface area contributed by atoms with Crippen LogP contribution in [0.25, 0.3) is 0 Å². The largest absolute Gasteiger partial charge is 0.343 e. The topological polar surface area (TPSA) is 49.4 Å². The zero-order valence-electron chi connectivity index (χ0n) is 12.3. The number of hydrogen-bond donors (Lipinski definition) is 1. The van der Waals surface area contributed by atoms with Crippen molar-refractivity contribution in [2.24, 2.45) is 0 Å². The van der Waals surface area contributed by atoms with E-state index < -0.39 is 11.7 Å². The molecule has 0 saturated carbocycles. The van der Waals surface area contributed by atoms with Gasteiger partial charge in [-0.3, -0.25) is 9.59 Å². The third kappa shape index (κ3) is 3.37. The van der Waals surface area contributed by atoms with Crippen molar-refractivity contribution >= 4 is 29.3 Å². The van der Waals surface area contributed by atoms with E-state index in [1.54, 1.807) is 22.7 Å². The van der Waals surface area contributed by atoms with E-state index in [0.29, 0.717) is 6.54 Å². The molecule has 0 saturated heterocycles. The van der Waals surface area contributed by atoms with Gasteiger partial charge in [-0.1, -0.05) is 24.3 Å². The number of carbonyl (C=O) groups excluding carboxylic acids is 2. The van der Waals surface area contributed by atoms with E-state index in [0.717, 1.165) is 16.3 Å². The number of anilines is 1. The van der Waals surface area contributed by atoms with E-state index in [2.05, 4.69) is 5.32 Å². The maximum atomic E-state index is 13.6. The van der Waals surface area contributed by atoms with Gasteiger partial charge in [-0.05, 0) is 24.3 Å². The summed E-state index contributed by atoms with van der Waals surface area (Å²) in [5.74, 6) is -0.583. The van der Waals surface area contributed by atoms with E-state index in [1.165, 1.54) is 18.2 Å². The van der Waals surface area contributed by atoms with Gasteiger partial charge < -0.3 is 10.2 Å². The zero-order valence-corrected chi connectivity index (χ0v) is 13.1. The van der Waals surface area contributed by atoms with Gasteiger partial charge in [0.1, 0.15) is 5.82 Å². The Morgan fingerprint density at radius 1 is 1.13 bits per heavy atom. The molecule has 0 aliphatic carbocycles. The maximum Gasteiger partial charge on any atom is 0.254 e. The summed E-state index contributed by atoms with van der Waals surface area (Å²) in [7, 11) is 0. The van der Waals surface area contributed by atoms with Crippen LogP contribution in [0.1, 0.15) is 10.4 Å². The molecule has 0 unspecified atom stereocenters. The Kier molecular flexibility index (Phi) is 4.62. The number of carbonyl (C=O) groups is 2. The second-order valence-electron chi connectivity index (χ2n) is 5.02. The first-order chi connectivity index (χ1) is 11.2. The molecule has 0 spiro atoms. The third-order valence-electron chi connectivity index (χ3n) is 3.55. The summed E-state index contributed by atoms with van der Waals surface area (Å²) in [5, 5.41) is 2.49. The molecule has 4 nitrogen and oxygen atoms in total. The van der Waals surface area contributed by atoms with Gasteiger partial charge in [-0.25, -0.2) is 4.39 Å². The lowest BCUT2D eigenvalue weighted by Gasteiger charge is -2.29. The minimum absolute atomic E-state index is 0.0603. The van der Waals surface area contributed by atoms with E-state index in [9.17, 15) is 14.0 Å². The number of nitrogens with zero attached hydrogens (tertiary/aromatic N) is 1. The van der Waals surface area contributed by atoms with Gasteiger partial charge in [0.05, 0.1) is 17.8 Å². The minimum Gasteiger partial charge on any atom is -0.343 e. The fourth-order valence-corrected chi connectivity index (χ4v) is 3.42. The molecular weight excluding hydrogens is 315 g/mol. The van der Waals surface area contributed by atoms with Crippen LogP contribution in [0.2, 0.25) is 0 Å². The highest BCUT2D eigenvalue weighted by Crippen LogP contribution is 2.34. The summed E-state index contributed by atoms with van der Waals surface area (Å²) in [6, 6.07) is 13.4. The SMILES string of the molecule is O=C(NCC(=O)N1CCSc2ccccc21)c1ccccc1F. The highest BCUT2D eigenvalue weighted by molar-refractivity contribution is 7.99. The average molecular weight is 330 g/mol. The molecule has 0 aromatic heterocycles. The summed E-state index contributed by atoms with van der Waals surface area (Å²) in [4.78, 5) is 27.1. The molecule has 1 N–H and O–H groups in total. The molecule has 2 aromatic rings. The second-order valence-corrected chi connectivity index (χ2v) is 6.16. The van der Waals surface area contributed by atoms with E-state index in [4.69, 9.17) is 0 Å². The zero-order chi connectivity index (χ0) is 16.2. The van der Waals surface area contributed by atoms with Crippen molar-refractivity contribution < 1.29 is 14.0 Å². The smallest absolute Gasteiger partial charge is 0.254 e. The number of fused-ring (bicyclic) bond motifs is 1. The molecule has 0 radical (unpaired) electrons. The summed E-state index contributed by atoms with van der Waals surface area (Å²) in [6.45, 7) is 0.433. The van der Waals surface area contributed by atoms with Crippen LogP contribution in [0, 0.1) is 5.82 Å². The molecule has 0 fully saturated rings. The first-order valence-corrected chi connectivity index (χ1v) is 8.20. The number of rotatable bonds is 3. The normalized spacial score (nSPS) is 13.3. The number of amides is 2. The van der Waals surface area contributed by atoms with Gasteiger partial charge in [0.2, 0.25) is 5.91 Å². The van der Waals surface area contributed by atoms with Gasteiger partial charge in [0, 0.05) is 17.2 Å². The molecule has 1 aliphatic heterocycles. The third-order valence-corrected chi connectivity index (χ3v) is 4.59. The molecule has 2 amide bonds. The number of thioether (sulfide) groups is 1. The molecule has 0 bridgehead atoms. The summed E-state index contributed by atoms with van der Waals surface area (Å²) >= 11 is 1.70. The van der Waals surface area contributed by atoms with Crippen LogP contribution in [0.4, 0.5) is 10.1 Å². The highest BCUT2D eigenvalue weighted by atomic mass is 32.2. The van der Waals surface area contributed by atoms with E-state index >= 15 is 0 Å².